The molecule has 0 spiro atoms. The van der Waals surface area contributed by atoms with Gasteiger partial charge in [-0.2, -0.15) is 0 Å². The predicted molar refractivity (Wildman–Crippen MR) is 82.5 cm³/mol. The molecule has 2 nitrogen and oxygen atoms in total. The largest absolute Gasteiger partial charge is 0.469 e. The van der Waals surface area contributed by atoms with Gasteiger partial charge in [0.25, 0.3) is 0 Å². The molecule has 1 unspecified atom stereocenters. The van der Waals surface area contributed by atoms with Crippen molar-refractivity contribution in [2.24, 2.45) is 0 Å². The Hall–Kier alpha value is -0.760. The molecule has 0 bridgehead atoms. The van der Waals surface area contributed by atoms with Gasteiger partial charge in [0.05, 0.1) is 6.26 Å². The second-order valence-corrected chi connectivity index (χ2v) is 5.50. The van der Waals surface area contributed by atoms with Crippen molar-refractivity contribution >= 4 is 0 Å². The average molecular weight is 265 g/mol. The summed E-state index contributed by atoms with van der Waals surface area (Å²) in [7, 11) is 0. The highest BCUT2D eigenvalue weighted by Gasteiger charge is 2.14. The van der Waals surface area contributed by atoms with Crippen LogP contribution in [0.5, 0.6) is 0 Å². The molecule has 1 aromatic heterocycles. The zero-order chi connectivity index (χ0) is 13.9. The number of furan rings is 1. The lowest BCUT2D eigenvalue weighted by Crippen LogP contribution is -2.22. The molecule has 0 aliphatic rings. The van der Waals surface area contributed by atoms with Crippen LogP contribution < -0.4 is 5.32 Å². The third-order valence-corrected chi connectivity index (χ3v) is 3.76. The van der Waals surface area contributed by atoms with Crippen LogP contribution in [0.4, 0.5) is 0 Å². The van der Waals surface area contributed by atoms with E-state index in [9.17, 15) is 0 Å². The van der Waals surface area contributed by atoms with Gasteiger partial charge in [-0.15, -0.1) is 0 Å². The first-order chi connectivity index (χ1) is 9.29. The molecule has 19 heavy (non-hydrogen) atoms. The van der Waals surface area contributed by atoms with Crippen LogP contribution in [0.25, 0.3) is 0 Å². The summed E-state index contributed by atoms with van der Waals surface area (Å²) in [4.78, 5) is 0. The van der Waals surface area contributed by atoms with Gasteiger partial charge in [-0.05, 0) is 32.4 Å². The van der Waals surface area contributed by atoms with Crippen LogP contribution in [0.3, 0.4) is 0 Å². The van der Waals surface area contributed by atoms with E-state index in [1.807, 2.05) is 6.26 Å². The molecule has 1 N–H and O–H groups in total. The minimum absolute atomic E-state index is 0.477. The summed E-state index contributed by atoms with van der Waals surface area (Å²) in [5.41, 5.74) is 1.35. The summed E-state index contributed by atoms with van der Waals surface area (Å²) in [6.07, 6.45) is 12.4. The zero-order valence-corrected chi connectivity index (χ0v) is 13.0. The highest BCUT2D eigenvalue weighted by atomic mass is 16.3. The first kappa shape index (κ1) is 16.3. The second-order valence-electron chi connectivity index (χ2n) is 5.50. The first-order valence-electron chi connectivity index (χ1n) is 8.07. The normalized spacial score (nSPS) is 12.8. The zero-order valence-electron chi connectivity index (χ0n) is 13.0. The van der Waals surface area contributed by atoms with Gasteiger partial charge in [0.2, 0.25) is 0 Å². The Bertz CT molecular complexity index is 319. The Morgan fingerprint density at radius 3 is 2.42 bits per heavy atom. The van der Waals surface area contributed by atoms with Crippen LogP contribution in [-0.2, 0) is 0 Å². The summed E-state index contributed by atoms with van der Waals surface area (Å²) in [5.74, 6) is 1.07. The maximum Gasteiger partial charge on any atom is 0.105 e. The Labute approximate surface area is 119 Å². The SMILES string of the molecule is CCCCCCCCC(NCCC)c1ccoc1C. The summed E-state index contributed by atoms with van der Waals surface area (Å²) < 4.78 is 5.44. The number of hydrogen-bond donors (Lipinski definition) is 1. The van der Waals surface area contributed by atoms with Crippen LogP contribution >= 0.6 is 0 Å². The van der Waals surface area contributed by atoms with Gasteiger partial charge < -0.3 is 9.73 Å². The Morgan fingerprint density at radius 1 is 1.05 bits per heavy atom. The van der Waals surface area contributed by atoms with Crippen LogP contribution in [0, 0.1) is 6.92 Å². The van der Waals surface area contributed by atoms with Crippen LogP contribution in [-0.4, -0.2) is 6.54 Å². The van der Waals surface area contributed by atoms with E-state index in [1.165, 1.54) is 56.9 Å². The lowest BCUT2D eigenvalue weighted by atomic mass is 10.00. The first-order valence-corrected chi connectivity index (χ1v) is 8.07. The van der Waals surface area contributed by atoms with Gasteiger partial charge in [-0.3, -0.25) is 0 Å². The molecule has 1 rings (SSSR count). The van der Waals surface area contributed by atoms with Gasteiger partial charge in [-0.1, -0.05) is 52.4 Å². The van der Waals surface area contributed by atoms with Crippen molar-refractivity contribution < 1.29 is 4.42 Å². The molecular weight excluding hydrogens is 234 g/mol. The van der Waals surface area contributed by atoms with Crippen molar-refractivity contribution in [3.8, 4) is 0 Å². The molecule has 0 aliphatic heterocycles. The van der Waals surface area contributed by atoms with Crippen molar-refractivity contribution in [1.82, 2.24) is 5.32 Å². The van der Waals surface area contributed by atoms with Gasteiger partial charge in [-0.25, -0.2) is 0 Å². The molecule has 0 saturated heterocycles. The molecule has 110 valence electrons. The number of hydrogen-bond acceptors (Lipinski definition) is 2. The lowest BCUT2D eigenvalue weighted by Gasteiger charge is -2.18. The maximum atomic E-state index is 5.44. The number of rotatable bonds is 11. The third kappa shape index (κ3) is 6.29. The standard InChI is InChI=1S/C17H31NO/c1-4-6-7-8-9-10-11-17(18-13-5-2)16-12-14-19-15(16)3/h12,14,17-18H,4-11,13H2,1-3H3. The van der Waals surface area contributed by atoms with Crippen LogP contribution in [0.15, 0.2) is 16.7 Å². The topological polar surface area (TPSA) is 25.2 Å². The van der Waals surface area contributed by atoms with Gasteiger partial charge in [0.15, 0.2) is 0 Å². The molecule has 0 radical (unpaired) electrons. The van der Waals surface area contributed by atoms with Crippen LogP contribution in [0.1, 0.15) is 82.6 Å². The van der Waals surface area contributed by atoms with E-state index in [-0.39, 0.29) is 0 Å². The lowest BCUT2D eigenvalue weighted by molar-refractivity contribution is 0.453. The number of aryl methyl sites for hydroxylation is 1. The van der Waals surface area contributed by atoms with Crippen molar-refractivity contribution in [2.75, 3.05) is 6.54 Å². The summed E-state index contributed by atoms with van der Waals surface area (Å²) in [5, 5.41) is 3.65. The average Bonchev–Trinajstić information content (AvgIpc) is 2.83. The number of nitrogens with one attached hydrogen (secondary N) is 1. The molecule has 0 saturated carbocycles. The van der Waals surface area contributed by atoms with E-state index < -0.39 is 0 Å². The molecule has 1 heterocycles. The second kappa shape index (κ2) is 10.1. The molecule has 1 atom stereocenters. The van der Waals surface area contributed by atoms with Crippen molar-refractivity contribution in [2.45, 2.75) is 78.2 Å². The fraction of sp³-hybridized carbons (Fsp3) is 0.765. The Morgan fingerprint density at radius 2 is 1.79 bits per heavy atom. The van der Waals surface area contributed by atoms with Crippen molar-refractivity contribution in [1.29, 1.82) is 0 Å². The fourth-order valence-corrected chi connectivity index (χ4v) is 2.57. The monoisotopic (exact) mass is 265 g/mol. The van der Waals surface area contributed by atoms with E-state index in [2.05, 4.69) is 32.2 Å². The Balaban J connectivity index is 2.32. The van der Waals surface area contributed by atoms with E-state index in [0.717, 1.165) is 12.3 Å². The summed E-state index contributed by atoms with van der Waals surface area (Å²) >= 11 is 0. The highest BCUT2D eigenvalue weighted by molar-refractivity contribution is 5.20. The molecule has 0 aliphatic carbocycles. The Kier molecular flexibility index (Phi) is 8.64. The quantitative estimate of drug-likeness (QED) is 0.543. The molecule has 0 aromatic carbocycles. The predicted octanol–water partition coefficient (Wildman–Crippen LogP) is 5.38. The van der Waals surface area contributed by atoms with Gasteiger partial charge in [0, 0.05) is 11.6 Å². The molecule has 1 aromatic rings. The highest BCUT2D eigenvalue weighted by Crippen LogP contribution is 2.24. The summed E-state index contributed by atoms with van der Waals surface area (Å²) in [6.45, 7) is 7.64. The van der Waals surface area contributed by atoms with E-state index in [4.69, 9.17) is 4.42 Å². The van der Waals surface area contributed by atoms with E-state index in [1.54, 1.807) is 0 Å². The molecule has 0 fully saturated rings. The van der Waals surface area contributed by atoms with Crippen molar-refractivity contribution in [3.05, 3.63) is 23.7 Å². The third-order valence-electron chi connectivity index (χ3n) is 3.76. The fourth-order valence-electron chi connectivity index (χ4n) is 2.57. The molecule has 0 amide bonds. The summed E-state index contributed by atoms with van der Waals surface area (Å²) in [6, 6.07) is 2.60. The molecular formula is C17H31NO. The van der Waals surface area contributed by atoms with E-state index >= 15 is 0 Å². The number of unbranched alkanes of at least 4 members (excludes halogenated alkanes) is 5. The molecule has 2 heteroatoms. The smallest absolute Gasteiger partial charge is 0.105 e. The van der Waals surface area contributed by atoms with Gasteiger partial charge >= 0.3 is 0 Å². The maximum absolute atomic E-state index is 5.44. The minimum Gasteiger partial charge on any atom is -0.469 e. The van der Waals surface area contributed by atoms with Gasteiger partial charge in [0.1, 0.15) is 5.76 Å². The van der Waals surface area contributed by atoms with Crippen LogP contribution in [0.2, 0.25) is 0 Å². The van der Waals surface area contributed by atoms with Crippen molar-refractivity contribution in [3.63, 3.8) is 0 Å². The van der Waals surface area contributed by atoms with E-state index in [0.29, 0.717) is 6.04 Å². The minimum atomic E-state index is 0.477.